The van der Waals surface area contributed by atoms with Gasteiger partial charge in [-0.2, -0.15) is 0 Å². The van der Waals surface area contributed by atoms with Crippen LogP contribution in [0.2, 0.25) is 0 Å². The van der Waals surface area contributed by atoms with Crippen molar-refractivity contribution in [2.24, 2.45) is 5.92 Å². The number of carbonyl (C=O) groups is 1. The Hall–Kier alpha value is -3.04. The van der Waals surface area contributed by atoms with Crippen LogP contribution in [0.25, 0.3) is 0 Å². The minimum absolute atomic E-state index is 0.00203. The third-order valence-corrected chi connectivity index (χ3v) is 7.10. The molecule has 1 aromatic heterocycles. The van der Waals surface area contributed by atoms with Crippen molar-refractivity contribution in [3.8, 4) is 0 Å². The van der Waals surface area contributed by atoms with Crippen LogP contribution >= 0.6 is 11.3 Å². The molecular weight excluding hydrogens is 444 g/mol. The van der Waals surface area contributed by atoms with Gasteiger partial charge in [0.1, 0.15) is 22.3 Å². The minimum atomic E-state index is -0.925. The molecule has 3 aromatic rings. The zero-order valence-electron chi connectivity index (χ0n) is 18.1. The highest BCUT2D eigenvalue weighted by atomic mass is 32.1. The number of halogens is 2. The maximum Gasteiger partial charge on any atom is 0.212 e. The fourth-order valence-corrected chi connectivity index (χ4v) is 4.96. The fraction of sp³-hybridized carbons (Fsp3) is 0.333. The number of carbonyl (C=O) groups excluding carboxylic acids is 1. The van der Waals surface area contributed by atoms with Crippen LogP contribution < -0.4 is 16.0 Å². The predicted octanol–water partition coefficient (Wildman–Crippen LogP) is 4.51. The van der Waals surface area contributed by atoms with Gasteiger partial charge in [-0.25, -0.2) is 13.8 Å². The maximum atomic E-state index is 14.0. The van der Waals surface area contributed by atoms with E-state index < -0.39 is 23.0 Å². The summed E-state index contributed by atoms with van der Waals surface area (Å²) in [5.41, 5.74) is 7.21. The second kappa shape index (κ2) is 9.07. The van der Waals surface area contributed by atoms with Gasteiger partial charge in [0, 0.05) is 44.1 Å². The van der Waals surface area contributed by atoms with E-state index in [2.05, 4.69) is 32.2 Å². The Morgan fingerprint density at radius 3 is 2.36 bits per heavy atom. The van der Waals surface area contributed by atoms with E-state index in [4.69, 9.17) is 5.73 Å². The smallest absolute Gasteiger partial charge is 0.212 e. The zero-order valence-corrected chi connectivity index (χ0v) is 18.9. The Labute approximate surface area is 195 Å². The molecule has 3 N–H and O–H groups in total. The summed E-state index contributed by atoms with van der Waals surface area (Å²) in [5.74, 6) is -1.80. The Balaban J connectivity index is 1.23. The van der Waals surface area contributed by atoms with Crippen LogP contribution in [0.1, 0.15) is 28.1 Å². The lowest BCUT2D eigenvalue weighted by atomic mass is 10.1. The lowest BCUT2D eigenvalue weighted by Crippen LogP contribution is -2.47. The van der Waals surface area contributed by atoms with Crippen molar-refractivity contribution in [2.45, 2.75) is 12.8 Å². The highest BCUT2D eigenvalue weighted by Gasteiger charge is 2.27. The second-order valence-corrected chi connectivity index (χ2v) is 9.56. The summed E-state index contributed by atoms with van der Waals surface area (Å²) >= 11 is 0.971. The first kappa shape index (κ1) is 21.8. The number of nitrogens with zero attached hydrogens (tertiary/aromatic N) is 3. The lowest BCUT2D eigenvalue weighted by Gasteiger charge is -2.36. The number of nitrogen functional groups attached to an aromatic ring is 1. The fourth-order valence-electron chi connectivity index (χ4n) is 4.11. The molecule has 5 rings (SSSR count). The van der Waals surface area contributed by atoms with E-state index in [1.165, 1.54) is 25.5 Å². The molecule has 0 spiro atoms. The minimum Gasteiger partial charge on any atom is -0.382 e. The van der Waals surface area contributed by atoms with E-state index in [1.54, 1.807) is 0 Å². The molecule has 0 bridgehead atoms. The summed E-state index contributed by atoms with van der Waals surface area (Å²) < 4.78 is 28.0. The molecule has 6 nitrogen and oxygen atoms in total. The van der Waals surface area contributed by atoms with Crippen molar-refractivity contribution in [3.63, 3.8) is 0 Å². The number of hydrogen-bond acceptors (Lipinski definition) is 7. The largest absolute Gasteiger partial charge is 0.382 e. The molecule has 1 saturated carbocycles. The number of nitrogens with one attached hydrogen (secondary N) is 1. The Morgan fingerprint density at radius 1 is 1.06 bits per heavy atom. The number of anilines is 4. The lowest BCUT2D eigenvalue weighted by molar-refractivity contribution is 0.103. The Kier molecular flexibility index (Phi) is 5.99. The molecule has 2 fully saturated rings. The van der Waals surface area contributed by atoms with Crippen molar-refractivity contribution in [3.05, 3.63) is 64.5 Å². The van der Waals surface area contributed by atoms with Crippen LogP contribution in [0.4, 0.5) is 31.1 Å². The molecule has 33 heavy (non-hydrogen) atoms. The molecule has 172 valence electrons. The van der Waals surface area contributed by atoms with E-state index >= 15 is 0 Å². The third kappa shape index (κ3) is 4.84. The average molecular weight is 470 g/mol. The number of benzene rings is 2. The number of hydrogen-bond donors (Lipinski definition) is 2. The third-order valence-electron chi connectivity index (χ3n) is 6.12. The van der Waals surface area contributed by atoms with Crippen LogP contribution in [0, 0.1) is 17.6 Å². The molecule has 1 aliphatic heterocycles. The predicted molar refractivity (Wildman–Crippen MR) is 127 cm³/mol. The maximum absolute atomic E-state index is 14.0. The Morgan fingerprint density at radius 2 is 1.73 bits per heavy atom. The highest BCUT2D eigenvalue weighted by molar-refractivity contribution is 7.18. The van der Waals surface area contributed by atoms with Crippen molar-refractivity contribution < 1.29 is 13.6 Å². The van der Waals surface area contributed by atoms with E-state index in [9.17, 15) is 13.6 Å². The molecule has 9 heteroatoms. The van der Waals surface area contributed by atoms with Gasteiger partial charge in [-0.15, -0.1) is 0 Å². The first-order valence-corrected chi connectivity index (χ1v) is 11.9. The molecule has 1 saturated heterocycles. The molecule has 0 unspecified atom stereocenters. The van der Waals surface area contributed by atoms with Crippen LogP contribution in [0.5, 0.6) is 0 Å². The van der Waals surface area contributed by atoms with Crippen LogP contribution in [0.3, 0.4) is 0 Å². The molecule has 2 aliphatic rings. The standard InChI is InChI=1S/C24H25F2N5OS/c25-18-2-1-3-19(26)20(18)21(32)22-23(27)29-24(33-22)28-16-6-8-17(9-7-16)31-12-10-30(11-13-31)14-15-4-5-15/h1-3,6-9,15H,4-5,10-14,27H2,(H,28,29). The second-order valence-electron chi connectivity index (χ2n) is 8.56. The van der Waals surface area contributed by atoms with Crippen molar-refractivity contribution in [1.29, 1.82) is 0 Å². The molecule has 1 aliphatic carbocycles. The summed E-state index contributed by atoms with van der Waals surface area (Å²) in [7, 11) is 0. The van der Waals surface area contributed by atoms with Gasteiger partial charge in [0.05, 0.1) is 5.56 Å². The SMILES string of the molecule is Nc1nc(Nc2ccc(N3CCN(CC4CC4)CC3)cc2)sc1C(=O)c1c(F)cccc1F. The molecule has 0 atom stereocenters. The first-order valence-electron chi connectivity index (χ1n) is 11.1. The van der Waals surface area contributed by atoms with Crippen molar-refractivity contribution in [1.82, 2.24) is 9.88 Å². The topological polar surface area (TPSA) is 74.5 Å². The number of ketones is 1. The van der Waals surface area contributed by atoms with Crippen molar-refractivity contribution >= 4 is 39.4 Å². The highest BCUT2D eigenvalue weighted by Crippen LogP contribution is 2.32. The summed E-state index contributed by atoms with van der Waals surface area (Å²) in [6, 6.07) is 11.3. The number of piperazine rings is 1. The van der Waals surface area contributed by atoms with Crippen LogP contribution in [-0.4, -0.2) is 48.4 Å². The summed E-state index contributed by atoms with van der Waals surface area (Å²) in [6.07, 6.45) is 2.77. The molecular formula is C24H25F2N5OS. The normalized spacial score (nSPS) is 16.7. The number of rotatable bonds is 7. The monoisotopic (exact) mass is 469 g/mol. The van der Waals surface area contributed by atoms with E-state index in [-0.39, 0.29) is 10.7 Å². The van der Waals surface area contributed by atoms with Crippen LogP contribution in [-0.2, 0) is 0 Å². The summed E-state index contributed by atoms with van der Waals surface area (Å²) in [4.78, 5) is 21.8. The van der Waals surface area contributed by atoms with Gasteiger partial charge >= 0.3 is 0 Å². The summed E-state index contributed by atoms with van der Waals surface area (Å²) in [5, 5.41) is 3.51. The number of aromatic nitrogens is 1. The summed E-state index contributed by atoms with van der Waals surface area (Å²) in [6.45, 7) is 5.45. The van der Waals surface area contributed by atoms with Gasteiger partial charge in [-0.1, -0.05) is 17.4 Å². The van der Waals surface area contributed by atoms with Gasteiger partial charge in [0.2, 0.25) is 5.78 Å². The van der Waals surface area contributed by atoms with E-state index in [0.29, 0.717) is 5.13 Å². The zero-order chi connectivity index (χ0) is 22.9. The number of nitrogens with two attached hydrogens (primary N) is 1. The van der Waals surface area contributed by atoms with Crippen LogP contribution in [0.15, 0.2) is 42.5 Å². The van der Waals surface area contributed by atoms with Gasteiger partial charge < -0.3 is 16.0 Å². The number of thiazole rings is 1. The Bertz CT molecular complexity index is 1130. The van der Waals surface area contributed by atoms with Gasteiger partial charge in [-0.05, 0) is 55.2 Å². The molecule has 2 heterocycles. The molecule has 0 amide bonds. The van der Waals surface area contributed by atoms with E-state index in [1.807, 2.05) is 12.1 Å². The first-order chi connectivity index (χ1) is 16.0. The average Bonchev–Trinajstić information content (AvgIpc) is 3.54. The van der Waals surface area contributed by atoms with Gasteiger partial charge in [0.25, 0.3) is 0 Å². The van der Waals surface area contributed by atoms with Crippen molar-refractivity contribution in [2.75, 3.05) is 48.7 Å². The van der Waals surface area contributed by atoms with E-state index in [0.717, 1.165) is 66.9 Å². The molecule has 2 aromatic carbocycles. The quantitative estimate of drug-likeness (QED) is 0.496. The van der Waals surface area contributed by atoms with Gasteiger partial charge in [-0.3, -0.25) is 9.69 Å². The molecule has 0 radical (unpaired) electrons. The van der Waals surface area contributed by atoms with Gasteiger partial charge in [0.15, 0.2) is 5.13 Å².